The fraction of sp³-hybridized carbons (Fsp3) is 0.220. The molecule has 4 aromatic rings. The minimum atomic E-state index is -0.133. The van der Waals surface area contributed by atoms with Crippen molar-refractivity contribution in [2.45, 2.75) is 59.5 Å². The van der Waals surface area contributed by atoms with Crippen molar-refractivity contribution in [3.8, 4) is 22.5 Å². The molecular formula is C50H46N4. The number of nitrogens with one attached hydrogen (secondary N) is 1. The first-order chi connectivity index (χ1) is 26.4. The van der Waals surface area contributed by atoms with Gasteiger partial charge in [-0.1, -0.05) is 125 Å². The predicted molar refractivity (Wildman–Crippen MR) is 225 cm³/mol. The second-order valence-corrected chi connectivity index (χ2v) is 15.5. The smallest absolute Gasteiger partial charge is 0.159 e. The maximum Gasteiger partial charge on any atom is 0.159 e. The summed E-state index contributed by atoms with van der Waals surface area (Å²) in [6.07, 6.45) is 33.2. The molecule has 0 spiro atoms. The molecule has 0 bridgehead atoms. The first-order valence-electron chi connectivity index (χ1n) is 19.4. The van der Waals surface area contributed by atoms with Crippen LogP contribution in [0.5, 0.6) is 0 Å². The molecule has 4 aliphatic carbocycles. The molecule has 0 saturated heterocycles. The van der Waals surface area contributed by atoms with Gasteiger partial charge in [-0.2, -0.15) is 0 Å². The van der Waals surface area contributed by atoms with E-state index in [4.69, 9.17) is 15.0 Å². The topological polar surface area (TPSA) is 50.2 Å². The number of rotatable bonds is 6. The summed E-state index contributed by atoms with van der Waals surface area (Å²) >= 11 is 0. The molecule has 1 aromatic heterocycles. The molecule has 1 aliphatic heterocycles. The summed E-state index contributed by atoms with van der Waals surface area (Å²) in [5.74, 6) is 1.15. The molecule has 4 heteroatoms. The molecule has 1 N–H and O–H groups in total. The molecule has 54 heavy (non-hydrogen) atoms. The fourth-order valence-electron chi connectivity index (χ4n) is 9.00. The molecule has 266 valence electrons. The SMILES string of the molecule is Cc1cc(C)cc(C2=CNC(C3=CC4C(C5=CC=CCC5)=c5ccc(-c6ncc(-c7cc(C)cc(C)c7)cn6)cc5=C(C5=CC=CCC5)C4C=C3)N=C2)c1. The van der Waals surface area contributed by atoms with Crippen molar-refractivity contribution in [3.05, 3.63) is 183 Å². The van der Waals surface area contributed by atoms with Gasteiger partial charge in [0.1, 0.15) is 6.17 Å². The Morgan fingerprint density at radius 3 is 1.85 bits per heavy atom. The maximum atomic E-state index is 5.08. The number of aromatic nitrogens is 2. The number of nitrogens with zero attached hydrogens (tertiary/aromatic N) is 3. The van der Waals surface area contributed by atoms with Crippen LogP contribution in [0.1, 0.15) is 53.5 Å². The van der Waals surface area contributed by atoms with Crippen LogP contribution < -0.4 is 15.8 Å². The lowest BCUT2D eigenvalue weighted by molar-refractivity contribution is 0.637. The van der Waals surface area contributed by atoms with Gasteiger partial charge in [-0.05, 0) is 109 Å². The van der Waals surface area contributed by atoms with Crippen molar-refractivity contribution in [2.24, 2.45) is 16.8 Å². The van der Waals surface area contributed by atoms with E-state index < -0.39 is 0 Å². The fourth-order valence-corrected chi connectivity index (χ4v) is 9.00. The van der Waals surface area contributed by atoms with Crippen molar-refractivity contribution >= 4 is 22.9 Å². The number of allylic oxidation sites excluding steroid dienone is 11. The monoisotopic (exact) mass is 702 g/mol. The summed E-state index contributed by atoms with van der Waals surface area (Å²) in [4.78, 5) is 14.9. The quantitative estimate of drug-likeness (QED) is 0.218. The molecule has 0 amide bonds. The molecule has 4 nitrogen and oxygen atoms in total. The second kappa shape index (κ2) is 14.2. The van der Waals surface area contributed by atoms with Gasteiger partial charge < -0.3 is 5.32 Å². The van der Waals surface area contributed by atoms with Crippen LogP contribution in [0.4, 0.5) is 0 Å². The molecule has 2 heterocycles. The Bertz CT molecular complexity index is 2530. The van der Waals surface area contributed by atoms with Crippen molar-refractivity contribution < 1.29 is 0 Å². The minimum Gasteiger partial charge on any atom is -0.366 e. The number of hydrogen-bond donors (Lipinski definition) is 1. The minimum absolute atomic E-state index is 0.133. The zero-order valence-corrected chi connectivity index (χ0v) is 31.6. The summed E-state index contributed by atoms with van der Waals surface area (Å²) in [7, 11) is 0. The zero-order valence-electron chi connectivity index (χ0n) is 31.6. The van der Waals surface area contributed by atoms with E-state index in [-0.39, 0.29) is 18.0 Å². The van der Waals surface area contributed by atoms with E-state index in [0.717, 1.165) is 53.8 Å². The van der Waals surface area contributed by atoms with Gasteiger partial charge in [0.2, 0.25) is 0 Å². The van der Waals surface area contributed by atoms with Crippen LogP contribution >= 0.6 is 0 Å². The number of fused-ring (bicyclic) bond motifs is 2. The van der Waals surface area contributed by atoms with Crippen molar-refractivity contribution in [2.75, 3.05) is 0 Å². The van der Waals surface area contributed by atoms with Gasteiger partial charge in [-0.3, -0.25) is 4.99 Å². The maximum absolute atomic E-state index is 5.08. The summed E-state index contributed by atoms with van der Waals surface area (Å²) in [6.45, 7) is 8.58. The van der Waals surface area contributed by atoms with Crippen LogP contribution in [0.25, 0.3) is 39.2 Å². The van der Waals surface area contributed by atoms with E-state index in [9.17, 15) is 0 Å². The van der Waals surface area contributed by atoms with Crippen LogP contribution in [0.2, 0.25) is 0 Å². The number of aliphatic imine (C=N–C) groups is 1. The number of benzene rings is 3. The van der Waals surface area contributed by atoms with Gasteiger partial charge in [0.05, 0.1) is 0 Å². The molecule has 9 rings (SSSR count). The lowest BCUT2D eigenvalue weighted by atomic mass is 9.67. The van der Waals surface area contributed by atoms with E-state index in [1.807, 2.05) is 18.6 Å². The third-order valence-electron chi connectivity index (χ3n) is 11.3. The van der Waals surface area contributed by atoms with E-state index in [1.165, 1.54) is 66.1 Å². The van der Waals surface area contributed by atoms with Crippen LogP contribution in [0.15, 0.2) is 150 Å². The average Bonchev–Trinajstić information content (AvgIpc) is 3.19. The standard InChI is InChI=1S/C50H46N4/c1-31-19-32(2)22-39(21-31)41-27-51-49(52-28-41)37-15-17-43-45(25-37)47(35-11-7-5-8-12-35)44-18-16-38(26-46(44)48(43)36-13-9-6-10-14-36)50-53-29-42(30-54-50)40-23-33(3)20-34(4)24-40/h5-7,9,11,13,15-30,43,45,49,51H,8,10,12,14H2,1-4H3. The van der Waals surface area contributed by atoms with Crippen LogP contribution in [0, 0.1) is 39.5 Å². The lowest BCUT2D eigenvalue weighted by Gasteiger charge is -2.37. The zero-order chi connectivity index (χ0) is 36.8. The van der Waals surface area contributed by atoms with E-state index >= 15 is 0 Å². The van der Waals surface area contributed by atoms with Gasteiger partial charge in [0.25, 0.3) is 0 Å². The molecular weight excluding hydrogens is 657 g/mol. The Morgan fingerprint density at radius 1 is 0.630 bits per heavy atom. The molecule has 5 aliphatic rings. The normalized spacial score (nSPS) is 21.4. The Balaban J connectivity index is 1.15. The first-order valence-corrected chi connectivity index (χ1v) is 19.4. The first kappa shape index (κ1) is 33.9. The Kier molecular flexibility index (Phi) is 8.90. The largest absolute Gasteiger partial charge is 0.366 e. The summed E-state index contributed by atoms with van der Waals surface area (Å²) < 4.78 is 0. The molecule has 3 aromatic carbocycles. The summed E-state index contributed by atoms with van der Waals surface area (Å²) in [5, 5.41) is 6.28. The predicted octanol–water partition coefficient (Wildman–Crippen LogP) is 9.68. The molecule has 3 atom stereocenters. The van der Waals surface area contributed by atoms with Crippen molar-refractivity contribution in [3.63, 3.8) is 0 Å². The lowest BCUT2D eigenvalue weighted by Crippen LogP contribution is -2.42. The van der Waals surface area contributed by atoms with Crippen molar-refractivity contribution in [1.29, 1.82) is 0 Å². The highest BCUT2D eigenvalue weighted by Gasteiger charge is 2.35. The molecule has 0 radical (unpaired) electrons. The third kappa shape index (κ3) is 6.51. The highest BCUT2D eigenvalue weighted by molar-refractivity contribution is 6.10. The van der Waals surface area contributed by atoms with E-state index in [2.05, 4.69) is 148 Å². The van der Waals surface area contributed by atoms with Gasteiger partial charge in [-0.25, -0.2) is 9.97 Å². The average molecular weight is 703 g/mol. The number of hydrogen-bond acceptors (Lipinski definition) is 4. The van der Waals surface area contributed by atoms with Crippen LogP contribution in [-0.4, -0.2) is 22.3 Å². The summed E-state index contributed by atoms with van der Waals surface area (Å²) in [5.41, 5.74) is 17.5. The highest BCUT2D eigenvalue weighted by atomic mass is 15.1. The van der Waals surface area contributed by atoms with Crippen molar-refractivity contribution in [1.82, 2.24) is 15.3 Å². The highest BCUT2D eigenvalue weighted by Crippen LogP contribution is 2.44. The van der Waals surface area contributed by atoms with Gasteiger partial charge in [0, 0.05) is 53.3 Å². The van der Waals surface area contributed by atoms with E-state index in [0.29, 0.717) is 0 Å². The number of aryl methyl sites for hydroxylation is 4. The Morgan fingerprint density at radius 2 is 1.26 bits per heavy atom. The Hall–Kier alpha value is -5.87. The van der Waals surface area contributed by atoms with Crippen LogP contribution in [0.3, 0.4) is 0 Å². The third-order valence-corrected chi connectivity index (χ3v) is 11.3. The van der Waals surface area contributed by atoms with Crippen LogP contribution in [-0.2, 0) is 0 Å². The molecule has 0 fully saturated rings. The molecule has 3 unspecified atom stereocenters. The molecule has 0 saturated carbocycles. The van der Waals surface area contributed by atoms with Gasteiger partial charge >= 0.3 is 0 Å². The van der Waals surface area contributed by atoms with Gasteiger partial charge in [-0.15, -0.1) is 0 Å². The van der Waals surface area contributed by atoms with Gasteiger partial charge in [0.15, 0.2) is 5.82 Å². The Labute approximate surface area is 318 Å². The van der Waals surface area contributed by atoms with E-state index in [1.54, 1.807) is 0 Å². The summed E-state index contributed by atoms with van der Waals surface area (Å²) in [6, 6.07) is 20.2. The second-order valence-electron chi connectivity index (χ2n) is 15.5.